The van der Waals surface area contributed by atoms with E-state index in [0.717, 1.165) is 11.6 Å². The summed E-state index contributed by atoms with van der Waals surface area (Å²) in [5.74, 6) is -0.876. The van der Waals surface area contributed by atoms with E-state index in [1.165, 1.54) is 19.2 Å². The topological polar surface area (TPSA) is 64.6 Å². The molecule has 0 bridgehead atoms. The first-order valence-corrected chi connectivity index (χ1v) is 7.34. The van der Waals surface area contributed by atoms with Crippen LogP contribution in [0, 0.1) is 5.82 Å². The normalized spacial score (nSPS) is 10.1. The number of ether oxygens (including phenoxy) is 2. The van der Waals surface area contributed by atoms with Gasteiger partial charge in [0.2, 0.25) is 5.91 Å². The number of amides is 1. The molecule has 0 aromatic heterocycles. The molecule has 2 aromatic carbocycles. The Labute approximate surface area is 139 Å². The molecule has 126 valence electrons. The summed E-state index contributed by atoms with van der Waals surface area (Å²) < 4.78 is 23.6. The lowest BCUT2D eigenvalue weighted by Gasteiger charge is -2.10. The average Bonchev–Trinajstić information content (AvgIpc) is 2.61. The van der Waals surface area contributed by atoms with Gasteiger partial charge in [0.1, 0.15) is 11.6 Å². The van der Waals surface area contributed by atoms with Crippen LogP contribution in [0.5, 0.6) is 5.75 Å². The molecule has 0 aliphatic rings. The van der Waals surface area contributed by atoms with Gasteiger partial charge in [-0.3, -0.25) is 4.79 Å². The maximum absolute atomic E-state index is 13.8. The number of carbonyl (C=O) groups is 2. The number of hydrogen-bond donors (Lipinski definition) is 1. The SMILES string of the molecule is COC(=O)c1ccc(F)c(NC(=O)CCc2ccccc2OC)c1. The Hall–Kier alpha value is -2.89. The molecule has 0 unspecified atom stereocenters. The predicted octanol–water partition coefficient (Wildman–Crippen LogP) is 3.19. The number of carbonyl (C=O) groups excluding carboxylic acids is 2. The second-order valence-corrected chi connectivity index (χ2v) is 5.05. The van der Waals surface area contributed by atoms with Gasteiger partial charge in [0.05, 0.1) is 25.5 Å². The number of nitrogens with one attached hydrogen (secondary N) is 1. The molecule has 0 saturated carbocycles. The quantitative estimate of drug-likeness (QED) is 0.826. The molecule has 5 nitrogen and oxygen atoms in total. The number of para-hydroxylation sites is 1. The summed E-state index contributed by atoms with van der Waals surface area (Å²) in [4.78, 5) is 23.5. The first-order valence-electron chi connectivity index (χ1n) is 7.34. The minimum absolute atomic E-state index is 0.0528. The largest absolute Gasteiger partial charge is 0.496 e. The molecule has 0 atom stereocenters. The van der Waals surface area contributed by atoms with E-state index in [1.54, 1.807) is 7.11 Å². The minimum Gasteiger partial charge on any atom is -0.496 e. The highest BCUT2D eigenvalue weighted by Gasteiger charge is 2.13. The van der Waals surface area contributed by atoms with Crippen LogP contribution in [0.25, 0.3) is 0 Å². The fourth-order valence-electron chi connectivity index (χ4n) is 2.24. The van der Waals surface area contributed by atoms with Crippen molar-refractivity contribution in [1.82, 2.24) is 0 Å². The van der Waals surface area contributed by atoms with Gasteiger partial charge in [-0.1, -0.05) is 18.2 Å². The zero-order valence-corrected chi connectivity index (χ0v) is 13.5. The summed E-state index contributed by atoms with van der Waals surface area (Å²) in [6.07, 6.45) is 0.608. The van der Waals surface area contributed by atoms with Crippen molar-refractivity contribution in [3.63, 3.8) is 0 Å². The fraction of sp³-hybridized carbons (Fsp3) is 0.222. The highest BCUT2D eigenvalue weighted by molar-refractivity contribution is 5.94. The number of halogens is 1. The molecule has 0 heterocycles. The van der Waals surface area contributed by atoms with E-state index in [-0.39, 0.29) is 23.6 Å². The molecule has 0 spiro atoms. The van der Waals surface area contributed by atoms with Crippen LogP contribution in [0.3, 0.4) is 0 Å². The smallest absolute Gasteiger partial charge is 0.337 e. The molecule has 0 saturated heterocycles. The molecule has 2 rings (SSSR count). The van der Waals surface area contributed by atoms with Gasteiger partial charge in [0, 0.05) is 6.42 Å². The van der Waals surface area contributed by atoms with Crippen molar-refractivity contribution in [2.75, 3.05) is 19.5 Å². The molecule has 6 heteroatoms. The Kier molecular flexibility index (Phi) is 5.89. The van der Waals surface area contributed by atoms with E-state index in [2.05, 4.69) is 10.1 Å². The molecule has 1 N–H and O–H groups in total. The lowest BCUT2D eigenvalue weighted by atomic mass is 10.1. The van der Waals surface area contributed by atoms with Crippen LogP contribution in [-0.4, -0.2) is 26.1 Å². The second-order valence-electron chi connectivity index (χ2n) is 5.05. The molecular weight excluding hydrogens is 313 g/mol. The Morgan fingerprint density at radius 2 is 1.88 bits per heavy atom. The number of rotatable bonds is 6. The van der Waals surface area contributed by atoms with Crippen LogP contribution >= 0.6 is 0 Å². The fourth-order valence-corrected chi connectivity index (χ4v) is 2.24. The van der Waals surface area contributed by atoms with Crippen molar-refractivity contribution >= 4 is 17.6 Å². The monoisotopic (exact) mass is 331 g/mol. The molecule has 0 radical (unpaired) electrons. The third kappa shape index (κ3) is 4.32. The maximum atomic E-state index is 13.8. The zero-order chi connectivity index (χ0) is 17.5. The molecule has 0 aliphatic carbocycles. The molecule has 0 aliphatic heterocycles. The standard InChI is InChI=1S/C18H18FNO4/c1-23-16-6-4-3-5-12(16)8-10-17(21)20-15-11-13(18(22)24-2)7-9-14(15)19/h3-7,9,11H,8,10H2,1-2H3,(H,20,21). The minimum atomic E-state index is -0.617. The van der Waals surface area contributed by atoms with Crippen molar-refractivity contribution in [3.8, 4) is 5.75 Å². The van der Waals surface area contributed by atoms with Crippen molar-refractivity contribution in [1.29, 1.82) is 0 Å². The number of methoxy groups -OCH3 is 2. The van der Waals surface area contributed by atoms with Crippen LogP contribution in [-0.2, 0) is 16.0 Å². The first-order chi connectivity index (χ1) is 11.5. The lowest BCUT2D eigenvalue weighted by molar-refractivity contribution is -0.116. The second kappa shape index (κ2) is 8.10. The van der Waals surface area contributed by atoms with Gasteiger partial charge in [-0.25, -0.2) is 9.18 Å². The summed E-state index contributed by atoms with van der Waals surface area (Å²) in [6, 6.07) is 11.0. The third-order valence-electron chi connectivity index (χ3n) is 3.48. The van der Waals surface area contributed by atoms with Crippen LogP contribution in [0.1, 0.15) is 22.3 Å². The highest BCUT2D eigenvalue weighted by atomic mass is 19.1. The maximum Gasteiger partial charge on any atom is 0.337 e. The third-order valence-corrected chi connectivity index (χ3v) is 3.48. The number of benzene rings is 2. The van der Waals surface area contributed by atoms with E-state index in [1.807, 2.05) is 24.3 Å². The molecule has 24 heavy (non-hydrogen) atoms. The van der Waals surface area contributed by atoms with Crippen molar-refractivity contribution in [2.24, 2.45) is 0 Å². The highest BCUT2D eigenvalue weighted by Crippen LogP contribution is 2.20. The number of anilines is 1. The predicted molar refractivity (Wildman–Crippen MR) is 87.7 cm³/mol. The molecular formula is C18H18FNO4. The van der Waals surface area contributed by atoms with Crippen LogP contribution in [0.2, 0.25) is 0 Å². The summed E-state index contributed by atoms with van der Waals surface area (Å²) >= 11 is 0. The van der Waals surface area contributed by atoms with Gasteiger partial charge in [-0.2, -0.15) is 0 Å². The summed E-state index contributed by atoms with van der Waals surface area (Å²) in [6.45, 7) is 0. The molecule has 0 fully saturated rings. The van der Waals surface area contributed by atoms with Gasteiger partial charge >= 0.3 is 5.97 Å². The van der Waals surface area contributed by atoms with Gasteiger partial charge in [0.25, 0.3) is 0 Å². The van der Waals surface area contributed by atoms with Crippen molar-refractivity contribution in [3.05, 3.63) is 59.4 Å². The van der Waals surface area contributed by atoms with Crippen LogP contribution in [0.15, 0.2) is 42.5 Å². The Balaban J connectivity index is 2.03. The lowest BCUT2D eigenvalue weighted by Crippen LogP contribution is -2.14. The van der Waals surface area contributed by atoms with E-state index in [0.29, 0.717) is 12.2 Å². The van der Waals surface area contributed by atoms with Gasteiger partial charge in [-0.15, -0.1) is 0 Å². The van der Waals surface area contributed by atoms with Crippen molar-refractivity contribution in [2.45, 2.75) is 12.8 Å². The molecule has 2 aromatic rings. The van der Waals surface area contributed by atoms with E-state index in [4.69, 9.17) is 4.74 Å². The Bertz CT molecular complexity index is 746. The molecule has 1 amide bonds. The van der Waals surface area contributed by atoms with E-state index in [9.17, 15) is 14.0 Å². The Morgan fingerprint density at radius 3 is 2.58 bits per heavy atom. The summed E-state index contributed by atoms with van der Waals surface area (Å²) in [5, 5.41) is 2.47. The number of aryl methyl sites for hydroxylation is 1. The zero-order valence-electron chi connectivity index (χ0n) is 13.5. The Morgan fingerprint density at radius 1 is 1.12 bits per heavy atom. The van der Waals surface area contributed by atoms with E-state index >= 15 is 0 Å². The van der Waals surface area contributed by atoms with Gasteiger partial charge < -0.3 is 14.8 Å². The summed E-state index contributed by atoms with van der Waals surface area (Å²) in [5.41, 5.74) is 1.00. The van der Waals surface area contributed by atoms with Gasteiger partial charge in [0.15, 0.2) is 0 Å². The number of esters is 1. The van der Waals surface area contributed by atoms with Crippen LogP contribution in [0.4, 0.5) is 10.1 Å². The number of hydrogen-bond acceptors (Lipinski definition) is 4. The summed E-state index contributed by atoms with van der Waals surface area (Å²) in [7, 11) is 2.80. The van der Waals surface area contributed by atoms with E-state index < -0.39 is 11.8 Å². The first kappa shape index (κ1) is 17.5. The average molecular weight is 331 g/mol. The van der Waals surface area contributed by atoms with Crippen LogP contribution < -0.4 is 10.1 Å². The van der Waals surface area contributed by atoms with Gasteiger partial charge in [-0.05, 0) is 36.2 Å². The van der Waals surface area contributed by atoms with Crippen molar-refractivity contribution < 1.29 is 23.5 Å².